The van der Waals surface area contributed by atoms with Crippen LogP contribution in [0.2, 0.25) is 23.2 Å². The van der Waals surface area contributed by atoms with Crippen LogP contribution in [0.3, 0.4) is 0 Å². The Labute approximate surface area is 97.4 Å². The third-order valence-corrected chi connectivity index (χ3v) is 24.3. The zero-order chi connectivity index (χ0) is 12.2. The van der Waals surface area contributed by atoms with Crippen molar-refractivity contribution in [2.24, 2.45) is 0 Å². The van der Waals surface area contributed by atoms with E-state index in [1.54, 1.807) is 6.56 Å². The second kappa shape index (κ2) is 2.34. The number of hydrogen-bond acceptors (Lipinski definition) is 0. The third kappa shape index (κ3) is 1.59. The molecule has 0 bridgehead atoms. The summed E-state index contributed by atoms with van der Waals surface area (Å²) in [5.74, 6) is 0. The second-order valence-electron chi connectivity index (χ2n) is 10.3. The molecule has 0 atom stereocenters. The van der Waals surface area contributed by atoms with Crippen molar-refractivity contribution in [2.45, 2.75) is 36.0 Å². The van der Waals surface area contributed by atoms with Gasteiger partial charge in [-0.3, -0.25) is 0 Å². The molecule has 0 fully saturated rings. The van der Waals surface area contributed by atoms with E-state index in [-0.39, 0.29) is 2.85 Å². The van der Waals surface area contributed by atoms with Gasteiger partial charge in [0, 0.05) is 0 Å². The van der Waals surface area contributed by atoms with Crippen LogP contribution in [0.15, 0.2) is 43.0 Å². The van der Waals surface area contributed by atoms with Crippen molar-refractivity contribution in [3.63, 3.8) is 0 Å². The molecule has 0 spiro atoms. The van der Waals surface area contributed by atoms with E-state index in [2.05, 4.69) is 59.6 Å². The first-order chi connectivity index (χ1) is 6.96. The van der Waals surface area contributed by atoms with Crippen molar-refractivity contribution in [1.82, 2.24) is 0 Å². The first-order valence-electron chi connectivity index (χ1n) is 6.43. The van der Waals surface area contributed by atoms with Crippen molar-refractivity contribution >= 4 is 0 Å². The predicted molar refractivity (Wildman–Crippen MR) is 75.2 cm³/mol. The molecule has 0 aromatic rings. The molecule has 0 N–H and O–H groups in total. The van der Waals surface area contributed by atoms with Crippen LogP contribution < -0.4 is 0 Å². The topological polar surface area (TPSA) is 0 Å². The summed E-state index contributed by atoms with van der Waals surface area (Å²) >= 11 is -3.80. The normalized spacial score (nSPS) is 26.7. The fraction of sp³-hybridized carbons (Fsp3) is 0.467. The van der Waals surface area contributed by atoms with Crippen molar-refractivity contribution in [3.8, 4) is 0 Å². The van der Waals surface area contributed by atoms with Gasteiger partial charge in [0.2, 0.25) is 0 Å². The standard InChI is InChI=1S/2C5H5.5CH3.Zr.2H/c2*1-2-4-5-3-1;;;;;;;;/h2*1-3H,4H2;5*1H3;;;/q;;;;;;;;2*-1. The van der Waals surface area contributed by atoms with Gasteiger partial charge in [0.05, 0.1) is 0 Å². The van der Waals surface area contributed by atoms with Gasteiger partial charge in [-0.15, -0.1) is 0 Å². The summed E-state index contributed by atoms with van der Waals surface area (Å²) in [7, 11) is 0. The maximum atomic E-state index is 2.58. The van der Waals surface area contributed by atoms with E-state index in [1.807, 2.05) is 0 Å². The van der Waals surface area contributed by atoms with Crippen LogP contribution in [0, 0.1) is 0 Å². The molecule has 0 radical (unpaired) electrons. The molecule has 1 heteroatoms. The Morgan fingerprint density at radius 1 is 0.812 bits per heavy atom. The van der Waals surface area contributed by atoms with E-state index >= 15 is 0 Å². The Morgan fingerprint density at radius 3 is 1.44 bits per heavy atom. The van der Waals surface area contributed by atoms with Gasteiger partial charge >= 0.3 is 94.8 Å². The summed E-state index contributed by atoms with van der Waals surface area (Å²) in [5.41, 5.74) is 0. The molecule has 0 unspecified atom stereocenters. The molecule has 2 aliphatic carbocycles. The van der Waals surface area contributed by atoms with Crippen LogP contribution in [-0.4, -0.2) is 0 Å². The van der Waals surface area contributed by atoms with Crippen LogP contribution in [-0.2, 0) is 15.8 Å². The molecule has 0 nitrogen and oxygen atoms in total. The fourth-order valence-electron chi connectivity index (χ4n) is 3.14. The molecule has 16 heavy (non-hydrogen) atoms. The monoisotopic (exact) mass is 297 g/mol. The van der Waals surface area contributed by atoms with E-state index < -0.39 is 15.8 Å². The minimum absolute atomic E-state index is 0. The quantitative estimate of drug-likeness (QED) is 0.595. The van der Waals surface area contributed by atoms with Gasteiger partial charge in [-0.2, -0.15) is 0 Å². The largest absolute Gasteiger partial charge is 1.00 e. The Bertz CT molecular complexity index is 450. The van der Waals surface area contributed by atoms with Gasteiger partial charge in [0.25, 0.3) is 0 Å². The number of rotatable bonds is 2. The van der Waals surface area contributed by atoms with Gasteiger partial charge in [-0.25, -0.2) is 0 Å². The number of hydrogen-bond donors (Lipinski definition) is 0. The van der Waals surface area contributed by atoms with Crippen molar-refractivity contribution in [1.29, 1.82) is 0 Å². The van der Waals surface area contributed by atoms with E-state index in [4.69, 9.17) is 0 Å². The van der Waals surface area contributed by atoms with Crippen LogP contribution in [0.25, 0.3) is 0 Å². The van der Waals surface area contributed by atoms with Crippen LogP contribution >= 0.6 is 0 Å². The molecule has 0 heterocycles. The summed E-state index contributed by atoms with van der Waals surface area (Å²) in [5, 5.41) is 0. The summed E-state index contributed by atoms with van der Waals surface area (Å²) in [6, 6.07) is 0. The van der Waals surface area contributed by atoms with Crippen LogP contribution in [0.1, 0.15) is 15.7 Å². The van der Waals surface area contributed by atoms with Gasteiger partial charge in [-0.1, -0.05) is 0 Å². The molecule has 2 rings (SSSR count). The van der Waals surface area contributed by atoms with E-state index in [1.165, 1.54) is 0 Å². The average molecular weight is 299 g/mol. The molecular weight excluding hydrogens is 271 g/mol. The summed E-state index contributed by atoms with van der Waals surface area (Å²) < 4.78 is 16.3. The minimum Gasteiger partial charge on any atom is -1.00 e. The van der Waals surface area contributed by atoms with Gasteiger partial charge in [0.1, 0.15) is 0 Å². The smallest absolute Gasteiger partial charge is 1.00 e. The van der Waals surface area contributed by atoms with Crippen LogP contribution in [0.5, 0.6) is 0 Å². The minimum atomic E-state index is -3.80. The first-order valence-corrected chi connectivity index (χ1v) is 21.2. The van der Waals surface area contributed by atoms with Gasteiger partial charge < -0.3 is 2.85 Å². The van der Waals surface area contributed by atoms with Crippen molar-refractivity contribution in [3.05, 3.63) is 43.0 Å². The molecule has 0 amide bonds. The Hall–Kier alpha value is -0.157. The zero-order valence-corrected chi connectivity index (χ0v) is 13.8. The molecular formula is C15H27Zr-2. The maximum Gasteiger partial charge on any atom is -1.00 e. The SMILES string of the molecule is [CH3][Zr]([CH3])([CH3])([CH3])([CH3])([C]1=CC=CC1)[C]1=CC=CC1.[H-].[H-]. The first kappa shape index (κ1) is 12.3. The molecule has 0 saturated heterocycles. The summed E-state index contributed by atoms with van der Waals surface area (Å²) in [6.07, 6.45) is 16.1. The summed E-state index contributed by atoms with van der Waals surface area (Å²) in [4.78, 5) is 0. The van der Waals surface area contributed by atoms with Crippen LogP contribution in [0.4, 0.5) is 0 Å². The van der Waals surface area contributed by atoms with Crippen molar-refractivity contribution < 1.29 is 18.7 Å². The Kier molecular flexibility index (Phi) is 1.80. The van der Waals surface area contributed by atoms with E-state index in [0.717, 1.165) is 12.8 Å². The molecule has 0 aromatic heterocycles. The van der Waals surface area contributed by atoms with E-state index in [9.17, 15) is 0 Å². The predicted octanol–water partition coefficient (Wildman–Crippen LogP) is 5.90. The fourth-order valence-corrected chi connectivity index (χ4v) is 15.2. The van der Waals surface area contributed by atoms with Gasteiger partial charge in [0.15, 0.2) is 0 Å². The van der Waals surface area contributed by atoms with E-state index in [0.29, 0.717) is 0 Å². The third-order valence-electron chi connectivity index (χ3n) is 5.07. The molecule has 93 valence electrons. The summed E-state index contributed by atoms with van der Waals surface area (Å²) in [6.45, 7) is 0. The maximum absolute atomic E-state index is 3.80. The Balaban J connectivity index is 0.00000144. The number of allylic oxidation sites excluding steroid dienone is 8. The molecule has 0 aliphatic heterocycles. The second-order valence-corrected chi connectivity index (χ2v) is 50.9. The average Bonchev–Trinajstić information content (AvgIpc) is 2.76. The van der Waals surface area contributed by atoms with Crippen molar-refractivity contribution in [2.75, 3.05) is 0 Å². The Morgan fingerprint density at radius 2 is 1.19 bits per heavy atom. The molecule has 2 aliphatic rings. The molecule has 0 saturated carbocycles. The zero-order valence-electron chi connectivity index (χ0n) is 13.4. The van der Waals surface area contributed by atoms with Gasteiger partial charge in [-0.05, 0) is 0 Å². The molecule has 0 aromatic carbocycles.